The molecule has 30 heavy (non-hydrogen) atoms. The zero-order valence-electron chi connectivity index (χ0n) is 17.2. The summed E-state index contributed by atoms with van der Waals surface area (Å²) in [5.74, 6) is 0.156. The van der Waals surface area contributed by atoms with E-state index in [0.29, 0.717) is 18.3 Å². The lowest BCUT2D eigenvalue weighted by Gasteiger charge is -2.42. The van der Waals surface area contributed by atoms with E-state index < -0.39 is 0 Å². The quantitative estimate of drug-likeness (QED) is 0.821. The third-order valence-electron chi connectivity index (χ3n) is 6.15. The molecule has 2 fully saturated rings. The molecule has 7 heteroatoms. The van der Waals surface area contributed by atoms with Gasteiger partial charge in [0.2, 0.25) is 5.91 Å². The lowest BCUT2D eigenvalue weighted by Crippen LogP contribution is -2.51. The molecule has 4 rings (SSSR count). The van der Waals surface area contributed by atoms with Crippen molar-refractivity contribution in [3.8, 4) is 0 Å². The first kappa shape index (κ1) is 20.5. The summed E-state index contributed by atoms with van der Waals surface area (Å²) in [6, 6.07) is 11.6. The Kier molecular flexibility index (Phi) is 6.69. The first-order valence-corrected chi connectivity index (χ1v) is 10.8. The lowest BCUT2D eigenvalue weighted by atomic mass is 9.93. The predicted octanol–water partition coefficient (Wildman–Crippen LogP) is 2.11. The molecule has 2 amide bonds. The minimum absolute atomic E-state index is 0.0134. The van der Waals surface area contributed by atoms with Crippen molar-refractivity contribution in [3.63, 3.8) is 0 Å². The van der Waals surface area contributed by atoms with Crippen LogP contribution in [-0.2, 0) is 11.3 Å². The first-order valence-electron chi connectivity index (χ1n) is 10.8. The smallest absolute Gasteiger partial charge is 0.272 e. The van der Waals surface area contributed by atoms with Gasteiger partial charge in [-0.15, -0.1) is 0 Å². The second kappa shape index (κ2) is 9.80. The molecule has 2 aromatic rings. The maximum absolute atomic E-state index is 12.7. The summed E-state index contributed by atoms with van der Waals surface area (Å²) in [6.07, 6.45) is 7.26. The highest BCUT2D eigenvalue weighted by Crippen LogP contribution is 2.24. The van der Waals surface area contributed by atoms with Gasteiger partial charge in [0.1, 0.15) is 5.69 Å². The van der Waals surface area contributed by atoms with Crippen LogP contribution < -0.4 is 5.32 Å². The molecule has 0 spiro atoms. The second-order valence-corrected chi connectivity index (χ2v) is 8.11. The molecular formula is C23H29N5O2. The van der Waals surface area contributed by atoms with E-state index in [4.69, 9.17) is 0 Å². The van der Waals surface area contributed by atoms with Gasteiger partial charge in [0.05, 0.1) is 18.2 Å². The maximum atomic E-state index is 12.7. The fourth-order valence-electron chi connectivity index (χ4n) is 4.46. The Morgan fingerprint density at radius 1 is 0.967 bits per heavy atom. The normalized spacial score (nSPS) is 20.7. The van der Waals surface area contributed by atoms with Gasteiger partial charge in [-0.05, 0) is 56.5 Å². The van der Waals surface area contributed by atoms with Crippen LogP contribution >= 0.6 is 0 Å². The molecule has 158 valence electrons. The van der Waals surface area contributed by atoms with Crippen LogP contribution in [0.25, 0.3) is 0 Å². The largest absolute Gasteiger partial charge is 0.350 e. The number of hydrogen-bond acceptors (Lipinski definition) is 5. The summed E-state index contributed by atoms with van der Waals surface area (Å²) < 4.78 is 0. The van der Waals surface area contributed by atoms with Crippen molar-refractivity contribution in [2.75, 3.05) is 26.2 Å². The molecule has 1 unspecified atom stereocenters. The van der Waals surface area contributed by atoms with E-state index in [-0.39, 0.29) is 17.7 Å². The van der Waals surface area contributed by atoms with Crippen LogP contribution in [0.3, 0.4) is 0 Å². The number of piperidine rings is 2. The number of carbonyl (C=O) groups is 2. The highest BCUT2D eigenvalue weighted by molar-refractivity contribution is 5.92. The van der Waals surface area contributed by atoms with Gasteiger partial charge in [-0.1, -0.05) is 12.1 Å². The van der Waals surface area contributed by atoms with E-state index in [9.17, 15) is 9.59 Å². The van der Waals surface area contributed by atoms with E-state index in [0.717, 1.165) is 57.6 Å². The second-order valence-electron chi connectivity index (χ2n) is 8.11. The van der Waals surface area contributed by atoms with Crippen LogP contribution in [-0.4, -0.2) is 63.8 Å². The summed E-state index contributed by atoms with van der Waals surface area (Å²) in [7, 11) is 0. The van der Waals surface area contributed by atoms with E-state index in [1.807, 2.05) is 35.2 Å². The van der Waals surface area contributed by atoms with E-state index in [2.05, 4.69) is 20.2 Å². The summed E-state index contributed by atoms with van der Waals surface area (Å²) >= 11 is 0. The number of rotatable bonds is 5. The SMILES string of the molecule is O=C(NCc1ccccn1)C1CCCN(C2CCN(C(=O)c3ccccn3)CC2)C1. The molecule has 1 N–H and O–H groups in total. The molecular weight excluding hydrogens is 378 g/mol. The zero-order chi connectivity index (χ0) is 20.8. The fraction of sp³-hybridized carbons (Fsp3) is 0.478. The first-order chi connectivity index (χ1) is 14.7. The van der Waals surface area contributed by atoms with Crippen LogP contribution in [0.5, 0.6) is 0 Å². The van der Waals surface area contributed by atoms with Crippen molar-refractivity contribution in [2.45, 2.75) is 38.3 Å². The fourth-order valence-corrected chi connectivity index (χ4v) is 4.46. The number of carbonyl (C=O) groups excluding carboxylic acids is 2. The molecule has 0 bridgehead atoms. The van der Waals surface area contributed by atoms with Gasteiger partial charge in [0, 0.05) is 38.1 Å². The summed E-state index contributed by atoms with van der Waals surface area (Å²) in [5, 5.41) is 3.04. The van der Waals surface area contributed by atoms with Crippen LogP contribution in [0.2, 0.25) is 0 Å². The van der Waals surface area contributed by atoms with E-state index >= 15 is 0 Å². The number of likely N-dealkylation sites (tertiary alicyclic amines) is 2. The third-order valence-corrected chi connectivity index (χ3v) is 6.15. The Labute approximate surface area is 177 Å². The average molecular weight is 408 g/mol. The standard InChI is InChI=1S/C23H29N5O2/c29-22(26-16-19-7-1-3-11-24-19)18-6-5-13-28(17-18)20-9-14-27(15-10-20)23(30)21-8-2-4-12-25-21/h1-4,7-8,11-12,18,20H,5-6,9-10,13-17H2,(H,26,29). The van der Waals surface area contributed by atoms with Crippen LogP contribution in [0.4, 0.5) is 0 Å². The number of aromatic nitrogens is 2. The Morgan fingerprint density at radius 3 is 2.43 bits per heavy atom. The number of amides is 2. The maximum Gasteiger partial charge on any atom is 0.272 e. The molecule has 2 aromatic heterocycles. The Balaban J connectivity index is 1.26. The van der Waals surface area contributed by atoms with Crippen LogP contribution in [0.15, 0.2) is 48.8 Å². The average Bonchev–Trinajstić information content (AvgIpc) is 2.83. The van der Waals surface area contributed by atoms with E-state index in [1.54, 1.807) is 18.5 Å². The van der Waals surface area contributed by atoms with Crippen molar-refractivity contribution in [3.05, 3.63) is 60.2 Å². The van der Waals surface area contributed by atoms with Crippen molar-refractivity contribution >= 4 is 11.8 Å². The van der Waals surface area contributed by atoms with Crippen molar-refractivity contribution in [2.24, 2.45) is 5.92 Å². The molecule has 0 aliphatic carbocycles. The van der Waals surface area contributed by atoms with Gasteiger partial charge in [-0.25, -0.2) is 0 Å². The topological polar surface area (TPSA) is 78.4 Å². The summed E-state index contributed by atoms with van der Waals surface area (Å²) in [4.78, 5) is 38.1. The van der Waals surface area contributed by atoms with Crippen molar-refractivity contribution < 1.29 is 9.59 Å². The molecule has 0 saturated carbocycles. The molecule has 2 saturated heterocycles. The number of nitrogens with one attached hydrogen (secondary N) is 1. The zero-order valence-corrected chi connectivity index (χ0v) is 17.2. The van der Waals surface area contributed by atoms with Gasteiger partial charge >= 0.3 is 0 Å². The van der Waals surface area contributed by atoms with Gasteiger partial charge < -0.3 is 10.2 Å². The number of pyridine rings is 2. The van der Waals surface area contributed by atoms with Crippen molar-refractivity contribution in [1.29, 1.82) is 0 Å². The van der Waals surface area contributed by atoms with Gasteiger partial charge in [0.25, 0.3) is 5.91 Å². The summed E-state index contributed by atoms with van der Waals surface area (Å²) in [6.45, 7) is 3.79. The number of nitrogens with zero attached hydrogens (tertiary/aromatic N) is 4. The Hall–Kier alpha value is -2.80. The Morgan fingerprint density at radius 2 is 1.73 bits per heavy atom. The third kappa shape index (κ3) is 5.02. The molecule has 1 atom stereocenters. The van der Waals surface area contributed by atoms with Gasteiger partial charge in [0.15, 0.2) is 0 Å². The van der Waals surface area contributed by atoms with Crippen LogP contribution in [0, 0.1) is 5.92 Å². The number of hydrogen-bond donors (Lipinski definition) is 1. The van der Waals surface area contributed by atoms with E-state index in [1.165, 1.54) is 0 Å². The highest BCUT2D eigenvalue weighted by Gasteiger charge is 2.32. The molecule has 2 aliphatic heterocycles. The molecule has 2 aliphatic rings. The molecule has 7 nitrogen and oxygen atoms in total. The minimum atomic E-state index is 0.0134. The van der Waals surface area contributed by atoms with Gasteiger partial charge in [-0.2, -0.15) is 0 Å². The Bertz CT molecular complexity index is 837. The lowest BCUT2D eigenvalue weighted by molar-refractivity contribution is -0.127. The molecule has 0 aromatic carbocycles. The van der Waals surface area contributed by atoms with Crippen LogP contribution in [0.1, 0.15) is 41.9 Å². The molecule has 4 heterocycles. The minimum Gasteiger partial charge on any atom is -0.350 e. The molecule has 0 radical (unpaired) electrons. The highest BCUT2D eigenvalue weighted by atomic mass is 16.2. The van der Waals surface area contributed by atoms with Gasteiger partial charge in [-0.3, -0.25) is 24.5 Å². The monoisotopic (exact) mass is 407 g/mol. The van der Waals surface area contributed by atoms with Crippen molar-refractivity contribution in [1.82, 2.24) is 25.1 Å². The summed E-state index contributed by atoms with van der Waals surface area (Å²) in [5.41, 5.74) is 1.39. The predicted molar refractivity (Wildman–Crippen MR) is 114 cm³/mol.